The van der Waals surface area contributed by atoms with Gasteiger partial charge in [0.25, 0.3) is 5.82 Å². The fourth-order valence-electron chi connectivity index (χ4n) is 3.08. The van der Waals surface area contributed by atoms with E-state index in [1.807, 2.05) is 24.0 Å². The molecule has 116 valence electrons. The Bertz CT molecular complexity index is 701. The van der Waals surface area contributed by atoms with E-state index in [1.54, 1.807) is 0 Å². The fraction of sp³-hybridized carbons (Fsp3) is 0.412. The number of hydrogen-bond donors (Lipinski definition) is 0. The number of anilines is 1. The van der Waals surface area contributed by atoms with Gasteiger partial charge in [-0.25, -0.2) is 14.5 Å². The van der Waals surface area contributed by atoms with E-state index in [1.165, 1.54) is 0 Å². The Labute approximate surface area is 132 Å². The Morgan fingerprint density at radius 3 is 2.59 bits per heavy atom. The Morgan fingerprint density at radius 1 is 1.23 bits per heavy atom. The van der Waals surface area contributed by atoms with Crippen molar-refractivity contribution >= 4 is 5.82 Å². The minimum Gasteiger partial charge on any atom is -0.334 e. The van der Waals surface area contributed by atoms with Crippen LogP contribution in [0.4, 0.5) is 5.82 Å². The first-order chi connectivity index (χ1) is 10.5. The molecule has 2 aromatic heterocycles. The highest BCUT2D eigenvalue weighted by Gasteiger charge is 2.33. The van der Waals surface area contributed by atoms with Crippen molar-refractivity contribution in [3.63, 3.8) is 0 Å². The number of nitrogens with zero attached hydrogens (tertiary/aromatic N) is 5. The zero-order valence-corrected chi connectivity index (χ0v) is 13.9. The average molecular weight is 298 g/mol. The van der Waals surface area contributed by atoms with Crippen LogP contribution in [0.25, 0.3) is 11.5 Å². The van der Waals surface area contributed by atoms with Gasteiger partial charge in [0, 0.05) is 37.7 Å². The minimum absolute atomic E-state index is 0.308. The van der Waals surface area contributed by atoms with E-state index < -0.39 is 0 Å². The molecule has 0 fully saturated rings. The molecule has 0 amide bonds. The molecule has 3 rings (SSSR count). The SMILES string of the molecule is CC(C)N1C=CN(c2cccc(-c3nccn3C)[n+]2C)[C@@H]1C. The summed E-state index contributed by atoms with van der Waals surface area (Å²) in [7, 11) is 4.12. The molecule has 0 spiro atoms. The Morgan fingerprint density at radius 2 is 2.00 bits per heavy atom. The molecule has 5 nitrogen and oxygen atoms in total. The van der Waals surface area contributed by atoms with Crippen LogP contribution in [-0.4, -0.2) is 26.7 Å². The van der Waals surface area contributed by atoms with E-state index in [9.17, 15) is 0 Å². The molecule has 3 heterocycles. The normalized spacial score (nSPS) is 17.8. The van der Waals surface area contributed by atoms with Gasteiger partial charge in [-0.05, 0) is 32.9 Å². The van der Waals surface area contributed by atoms with Crippen molar-refractivity contribution in [2.24, 2.45) is 14.1 Å². The van der Waals surface area contributed by atoms with Crippen LogP contribution < -0.4 is 9.47 Å². The third-order valence-corrected chi connectivity index (χ3v) is 4.35. The lowest BCUT2D eigenvalue weighted by molar-refractivity contribution is -0.648. The summed E-state index contributed by atoms with van der Waals surface area (Å²) in [5.74, 6) is 2.13. The second kappa shape index (κ2) is 5.48. The molecule has 5 heteroatoms. The van der Waals surface area contributed by atoms with Gasteiger partial charge in [0.05, 0.1) is 7.05 Å². The molecule has 1 aliphatic rings. The maximum absolute atomic E-state index is 4.47. The Hall–Kier alpha value is -2.30. The van der Waals surface area contributed by atoms with Crippen LogP contribution in [0.2, 0.25) is 0 Å². The molecule has 1 aliphatic heterocycles. The van der Waals surface area contributed by atoms with Crippen LogP contribution in [0.1, 0.15) is 20.8 Å². The van der Waals surface area contributed by atoms with Crippen molar-refractivity contribution in [2.45, 2.75) is 33.0 Å². The highest BCUT2D eigenvalue weighted by atomic mass is 15.4. The van der Waals surface area contributed by atoms with E-state index in [2.05, 4.69) is 77.8 Å². The Kier molecular flexibility index (Phi) is 3.64. The lowest BCUT2D eigenvalue weighted by Crippen LogP contribution is -2.46. The van der Waals surface area contributed by atoms with Gasteiger partial charge >= 0.3 is 0 Å². The van der Waals surface area contributed by atoms with Gasteiger partial charge in [0.2, 0.25) is 0 Å². The van der Waals surface area contributed by atoms with Gasteiger partial charge < -0.3 is 9.47 Å². The maximum Gasteiger partial charge on any atom is 0.283 e. The molecule has 1 atom stereocenters. The predicted molar refractivity (Wildman–Crippen MR) is 87.9 cm³/mol. The molecule has 2 aromatic rings. The van der Waals surface area contributed by atoms with Crippen LogP contribution in [0.3, 0.4) is 0 Å². The number of pyridine rings is 1. The molecule has 0 saturated heterocycles. The van der Waals surface area contributed by atoms with E-state index >= 15 is 0 Å². The van der Waals surface area contributed by atoms with Crippen LogP contribution in [-0.2, 0) is 14.1 Å². The summed E-state index contributed by atoms with van der Waals surface area (Å²) < 4.78 is 4.25. The molecule has 0 aliphatic carbocycles. The number of imidazole rings is 1. The van der Waals surface area contributed by atoms with Crippen LogP contribution >= 0.6 is 0 Å². The zero-order valence-electron chi connectivity index (χ0n) is 13.9. The second-order valence-electron chi connectivity index (χ2n) is 6.07. The number of hydrogen-bond acceptors (Lipinski definition) is 3. The molecule has 0 saturated carbocycles. The van der Waals surface area contributed by atoms with Gasteiger partial charge in [-0.1, -0.05) is 0 Å². The van der Waals surface area contributed by atoms with Crippen molar-refractivity contribution in [1.29, 1.82) is 0 Å². The summed E-state index contributed by atoms with van der Waals surface area (Å²) in [6, 6.07) is 6.84. The first kappa shape index (κ1) is 14.6. The minimum atomic E-state index is 0.308. The average Bonchev–Trinajstić information content (AvgIpc) is 3.06. The largest absolute Gasteiger partial charge is 0.334 e. The lowest BCUT2D eigenvalue weighted by Gasteiger charge is -2.28. The molecule has 0 unspecified atom stereocenters. The van der Waals surface area contributed by atoms with E-state index in [4.69, 9.17) is 0 Å². The Balaban J connectivity index is 2.00. The van der Waals surface area contributed by atoms with Gasteiger partial charge in [0.1, 0.15) is 6.20 Å². The monoisotopic (exact) mass is 298 g/mol. The standard InChI is InChI=1S/C17H24N5/c1-13(2)21-11-12-22(14(21)3)16-8-6-7-15(20(16)5)17-18-9-10-19(17)4/h6-14H,1-5H3/q+1/t14-/m1/s1. The first-order valence-electron chi connectivity index (χ1n) is 7.71. The van der Waals surface area contributed by atoms with Crippen LogP contribution in [0, 0.1) is 0 Å². The van der Waals surface area contributed by atoms with E-state index in [0.29, 0.717) is 12.2 Å². The van der Waals surface area contributed by atoms with E-state index in [-0.39, 0.29) is 0 Å². The highest BCUT2D eigenvalue weighted by molar-refractivity contribution is 5.50. The molecule has 0 aromatic carbocycles. The molecular formula is C17H24N5+. The third-order valence-electron chi connectivity index (χ3n) is 4.35. The maximum atomic E-state index is 4.47. The lowest BCUT2D eigenvalue weighted by atomic mass is 10.3. The number of aryl methyl sites for hydroxylation is 1. The van der Waals surface area contributed by atoms with Crippen LogP contribution in [0.5, 0.6) is 0 Å². The van der Waals surface area contributed by atoms with E-state index in [0.717, 1.165) is 17.3 Å². The molecule has 22 heavy (non-hydrogen) atoms. The number of rotatable bonds is 3. The summed E-state index contributed by atoms with van der Waals surface area (Å²) in [6.45, 7) is 6.66. The summed E-state index contributed by atoms with van der Waals surface area (Å²) in [5.41, 5.74) is 1.11. The van der Waals surface area contributed by atoms with Crippen molar-refractivity contribution in [3.8, 4) is 11.5 Å². The van der Waals surface area contributed by atoms with Gasteiger partial charge in [0.15, 0.2) is 17.7 Å². The smallest absolute Gasteiger partial charge is 0.283 e. The summed E-state index contributed by atoms with van der Waals surface area (Å²) in [6.07, 6.45) is 8.44. The molecule has 0 N–H and O–H groups in total. The number of aromatic nitrogens is 3. The quantitative estimate of drug-likeness (QED) is 0.814. The fourth-order valence-corrected chi connectivity index (χ4v) is 3.08. The van der Waals surface area contributed by atoms with Gasteiger partial charge in [-0.15, -0.1) is 0 Å². The van der Waals surface area contributed by atoms with Gasteiger partial charge in [-0.2, -0.15) is 0 Å². The zero-order chi connectivity index (χ0) is 15.9. The molecule has 0 radical (unpaired) electrons. The predicted octanol–water partition coefficient (Wildman–Crippen LogP) is 2.26. The van der Waals surface area contributed by atoms with Crippen molar-refractivity contribution in [3.05, 3.63) is 43.0 Å². The van der Waals surface area contributed by atoms with Crippen molar-refractivity contribution in [2.75, 3.05) is 4.90 Å². The van der Waals surface area contributed by atoms with Crippen molar-refractivity contribution in [1.82, 2.24) is 14.5 Å². The van der Waals surface area contributed by atoms with Crippen molar-refractivity contribution < 1.29 is 4.57 Å². The van der Waals surface area contributed by atoms with Gasteiger partial charge in [-0.3, -0.25) is 0 Å². The molecular weight excluding hydrogens is 274 g/mol. The molecule has 0 bridgehead atoms. The highest BCUT2D eigenvalue weighted by Crippen LogP contribution is 2.24. The summed E-state index contributed by atoms with van der Waals surface area (Å²) in [5, 5.41) is 0. The third kappa shape index (κ3) is 2.26. The first-order valence-corrected chi connectivity index (χ1v) is 7.71. The second-order valence-corrected chi connectivity index (χ2v) is 6.07. The summed E-state index contributed by atoms with van der Waals surface area (Å²) >= 11 is 0. The van der Waals surface area contributed by atoms with Crippen LogP contribution in [0.15, 0.2) is 43.0 Å². The topological polar surface area (TPSA) is 28.2 Å². The summed E-state index contributed by atoms with van der Waals surface area (Å²) in [4.78, 5) is 9.12.